The number of amides is 1. The van der Waals surface area contributed by atoms with Crippen LogP contribution in [0.15, 0.2) is 54.6 Å². The van der Waals surface area contributed by atoms with Crippen LogP contribution in [-0.2, 0) is 23.6 Å². The van der Waals surface area contributed by atoms with E-state index in [4.69, 9.17) is 0 Å². The molecular weight excluding hydrogens is 352 g/mol. The van der Waals surface area contributed by atoms with E-state index in [1.807, 2.05) is 25.1 Å². The highest BCUT2D eigenvalue weighted by Gasteiger charge is 2.13. The summed E-state index contributed by atoms with van der Waals surface area (Å²) in [6.45, 7) is 6.05. The van der Waals surface area contributed by atoms with Crippen LogP contribution in [0.5, 0.6) is 0 Å². The van der Waals surface area contributed by atoms with E-state index in [0.29, 0.717) is 6.54 Å². The summed E-state index contributed by atoms with van der Waals surface area (Å²) >= 11 is 1.68. The maximum atomic E-state index is 12.3. The minimum atomic E-state index is -0.0522. The average Bonchev–Trinajstić information content (AvgIpc) is 2.73. The molecule has 0 bridgehead atoms. The molecule has 1 aliphatic rings. The van der Waals surface area contributed by atoms with Gasteiger partial charge in [-0.3, -0.25) is 9.69 Å². The first-order chi connectivity index (χ1) is 13.2. The Morgan fingerprint density at radius 1 is 0.963 bits per heavy atom. The first kappa shape index (κ1) is 20.0. The molecule has 1 saturated heterocycles. The van der Waals surface area contributed by atoms with Crippen LogP contribution in [0.3, 0.4) is 0 Å². The van der Waals surface area contributed by atoms with Gasteiger partial charge in [0.15, 0.2) is 0 Å². The van der Waals surface area contributed by atoms with Crippen molar-refractivity contribution in [3.8, 4) is 0 Å². The van der Waals surface area contributed by atoms with Gasteiger partial charge in [-0.1, -0.05) is 61.0 Å². The zero-order valence-electron chi connectivity index (χ0n) is 16.2. The Morgan fingerprint density at radius 2 is 1.63 bits per heavy atom. The van der Waals surface area contributed by atoms with Gasteiger partial charge in [-0.25, -0.2) is 0 Å². The second kappa shape index (κ2) is 10.5. The molecule has 4 heteroatoms. The van der Waals surface area contributed by atoms with Crippen molar-refractivity contribution in [3.05, 3.63) is 71.3 Å². The highest BCUT2D eigenvalue weighted by Crippen LogP contribution is 2.18. The molecule has 0 saturated carbocycles. The van der Waals surface area contributed by atoms with Crippen molar-refractivity contribution in [1.29, 1.82) is 0 Å². The lowest BCUT2D eigenvalue weighted by Crippen LogP contribution is -2.30. The number of carbonyl (C=O) groups excluding carboxylic acids is 1. The van der Waals surface area contributed by atoms with Crippen LogP contribution < -0.4 is 5.32 Å². The van der Waals surface area contributed by atoms with Crippen LogP contribution in [0.25, 0.3) is 0 Å². The predicted octanol–water partition coefficient (Wildman–Crippen LogP) is 4.61. The summed E-state index contributed by atoms with van der Waals surface area (Å²) in [6.07, 6.45) is 4.02. The molecule has 0 aromatic heterocycles. The van der Waals surface area contributed by atoms with Crippen molar-refractivity contribution in [2.75, 3.05) is 13.1 Å². The van der Waals surface area contributed by atoms with Crippen molar-refractivity contribution in [2.24, 2.45) is 0 Å². The molecule has 0 spiro atoms. The Labute approximate surface area is 167 Å². The van der Waals surface area contributed by atoms with Crippen LogP contribution in [0.1, 0.15) is 42.9 Å². The Kier molecular flexibility index (Phi) is 7.79. The van der Waals surface area contributed by atoms with Crippen molar-refractivity contribution in [1.82, 2.24) is 10.2 Å². The Bertz CT molecular complexity index is 696. The highest BCUT2D eigenvalue weighted by molar-refractivity contribution is 7.99. The van der Waals surface area contributed by atoms with Crippen LogP contribution in [0.2, 0.25) is 0 Å². The van der Waals surface area contributed by atoms with Gasteiger partial charge in [0, 0.05) is 18.8 Å². The van der Waals surface area contributed by atoms with Gasteiger partial charge in [-0.2, -0.15) is 0 Å². The smallest absolute Gasteiger partial charge is 0.233 e. The molecule has 0 aliphatic carbocycles. The number of piperidine rings is 1. The number of hydrogen-bond acceptors (Lipinski definition) is 3. The van der Waals surface area contributed by atoms with Crippen LogP contribution in [0.4, 0.5) is 0 Å². The van der Waals surface area contributed by atoms with Crippen LogP contribution >= 0.6 is 11.8 Å². The zero-order chi connectivity index (χ0) is 18.9. The molecule has 2 aromatic rings. The lowest BCUT2D eigenvalue weighted by molar-refractivity contribution is -0.120. The molecule has 144 valence electrons. The van der Waals surface area contributed by atoms with E-state index in [9.17, 15) is 4.79 Å². The Balaban J connectivity index is 1.40. The van der Waals surface area contributed by atoms with Gasteiger partial charge >= 0.3 is 0 Å². The average molecular weight is 383 g/mol. The van der Waals surface area contributed by atoms with Gasteiger partial charge in [0.1, 0.15) is 0 Å². The standard InChI is InChI=1S/C23H30N2OS/c1-19(27-18-22-8-4-2-5-9-22)23(26)24-16-20-10-12-21(13-11-20)17-25-14-6-3-7-15-25/h2,4-5,8-13,19H,3,6-7,14-18H2,1H3,(H,24,26). The maximum Gasteiger partial charge on any atom is 0.233 e. The number of thioether (sulfide) groups is 1. The first-order valence-corrected chi connectivity index (χ1v) is 11.0. The second-order valence-corrected chi connectivity index (χ2v) is 8.64. The summed E-state index contributed by atoms with van der Waals surface area (Å²) in [6, 6.07) is 19.0. The third-order valence-corrected chi connectivity index (χ3v) is 6.27. The molecule has 1 fully saturated rings. The number of likely N-dealkylation sites (tertiary alicyclic amines) is 1. The highest BCUT2D eigenvalue weighted by atomic mass is 32.2. The van der Waals surface area contributed by atoms with Gasteiger partial charge < -0.3 is 5.32 Å². The molecule has 1 heterocycles. The van der Waals surface area contributed by atoms with Gasteiger partial charge in [-0.05, 0) is 49.5 Å². The first-order valence-electron chi connectivity index (χ1n) is 9.94. The lowest BCUT2D eigenvalue weighted by Gasteiger charge is -2.26. The van der Waals surface area contributed by atoms with E-state index in [1.54, 1.807) is 11.8 Å². The summed E-state index contributed by atoms with van der Waals surface area (Å²) in [4.78, 5) is 14.9. The normalized spacial score (nSPS) is 16.0. The lowest BCUT2D eigenvalue weighted by atomic mass is 10.1. The zero-order valence-corrected chi connectivity index (χ0v) is 17.0. The van der Waals surface area contributed by atoms with E-state index in [1.165, 1.54) is 43.5 Å². The van der Waals surface area contributed by atoms with E-state index < -0.39 is 0 Å². The number of hydrogen-bond donors (Lipinski definition) is 1. The predicted molar refractivity (Wildman–Crippen MR) is 115 cm³/mol. The molecule has 3 rings (SSSR count). The van der Waals surface area contributed by atoms with Gasteiger partial charge in [0.2, 0.25) is 5.91 Å². The second-order valence-electron chi connectivity index (χ2n) is 7.31. The van der Waals surface area contributed by atoms with E-state index in [-0.39, 0.29) is 11.2 Å². The third-order valence-electron chi connectivity index (χ3n) is 5.06. The fourth-order valence-electron chi connectivity index (χ4n) is 3.34. The minimum Gasteiger partial charge on any atom is -0.351 e. The number of benzene rings is 2. The van der Waals surface area contributed by atoms with Crippen molar-refractivity contribution in [3.63, 3.8) is 0 Å². The molecule has 27 heavy (non-hydrogen) atoms. The van der Waals surface area contributed by atoms with Crippen molar-refractivity contribution in [2.45, 2.75) is 50.3 Å². The summed E-state index contributed by atoms with van der Waals surface area (Å²) in [5.74, 6) is 0.967. The van der Waals surface area contributed by atoms with E-state index >= 15 is 0 Å². The molecule has 0 radical (unpaired) electrons. The summed E-state index contributed by atoms with van der Waals surface area (Å²) in [5.41, 5.74) is 3.77. The summed E-state index contributed by atoms with van der Waals surface area (Å²) in [7, 11) is 0. The quantitative estimate of drug-likeness (QED) is 0.723. The van der Waals surface area contributed by atoms with Crippen LogP contribution in [0, 0.1) is 0 Å². The minimum absolute atomic E-state index is 0.0522. The van der Waals surface area contributed by atoms with Gasteiger partial charge in [0.25, 0.3) is 0 Å². The summed E-state index contributed by atoms with van der Waals surface area (Å²) in [5, 5.41) is 3.01. The molecule has 3 nitrogen and oxygen atoms in total. The van der Waals surface area contributed by atoms with Crippen molar-refractivity contribution >= 4 is 17.7 Å². The summed E-state index contributed by atoms with van der Waals surface area (Å²) < 4.78 is 0. The Morgan fingerprint density at radius 3 is 2.33 bits per heavy atom. The third kappa shape index (κ3) is 6.71. The monoisotopic (exact) mass is 382 g/mol. The molecule has 1 amide bonds. The largest absolute Gasteiger partial charge is 0.351 e. The van der Waals surface area contributed by atoms with Crippen molar-refractivity contribution < 1.29 is 4.79 Å². The SMILES string of the molecule is CC(SCc1ccccc1)C(=O)NCc1ccc(CN2CCCCC2)cc1. The topological polar surface area (TPSA) is 32.3 Å². The molecular formula is C23H30N2OS. The Hall–Kier alpha value is -1.78. The van der Waals surface area contributed by atoms with Gasteiger partial charge in [-0.15, -0.1) is 11.8 Å². The fourth-order valence-corrected chi connectivity index (χ4v) is 4.21. The molecule has 1 aliphatic heterocycles. The van der Waals surface area contributed by atoms with Crippen LogP contribution in [-0.4, -0.2) is 29.1 Å². The molecule has 2 aromatic carbocycles. The number of nitrogens with one attached hydrogen (secondary N) is 1. The van der Waals surface area contributed by atoms with E-state index in [0.717, 1.165) is 17.9 Å². The maximum absolute atomic E-state index is 12.3. The molecule has 1 atom stereocenters. The number of nitrogens with zero attached hydrogens (tertiary/aromatic N) is 1. The number of carbonyl (C=O) groups is 1. The fraction of sp³-hybridized carbons (Fsp3) is 0.435. The molecule has 1 N–H and O–H groups in total. The molecule has 1 unspecified atom stereocenters. The van der Waals surface area contributed by atoms with E-state index in [2.05, 4.69) is 46.6 Å². The number of rotatable bonds is 8. The van der Waals surface area contributed by atoms with Gasteiger partial charge in [0.05, 0.1) is 5.25 Å².